The van der Waals surface area contributed by atoms with Crippen molar-refractivity contribution < 1.29 is 4.79 Å². The van der Waals surface area contributed by atoms with E-state index in [4.69, 9.17) is 5.73 Å². The van der Waals surface area contributed by atoms with Gasteiger partial charge in [0.1, 0.15) is 0 Å². The van der Waals surface area contributed by atoms with Crippen LogP contribution in [0.25, 0.3) is 0 Å². The summed E-state index contributed by atoms with van der Waals surface area (Å²) < 4.78 is 0. The molecule has 1 heterocycles. The molecule has 0 spiro atoms. The van der Waals surface area contributed by atoms with E-state index >= 15 is 0 Å². The fraction of sp³-hybridized carbons (Fsp3) is 0.643. The fourth-order valence-corrected chi connectivity index (χ4v) is 3.41. The molecule has 100 valence electrons. The predicted octanol–water partition coefficient (Wildman–Crippen LogP) is 2.44. The van der Waals surface area contributed by atoms with E-state index in [1.165, 1.54) is 11.1 Å². The first kappa shape index (κ1) is 13.6. The van der Waals surface area contributed by atoms with E-state index in [1.807, 2.05) is 0 Å². The number of nitrogens with two attached hydrogens (primary N) is 1. The van der Waals surface area contributed by atoms with Crippen LogP contribution < -0.4 is 11.1 Å². The Balaban J connectivity index is 1.77. The first-order chi connectivity index (χ1) is 8.70. The van der Waals surface area contributed by atoms with Crippen LogP contribution in [0.3, 0.4) is 0 Å². The van der Waals surface area contributed by atoms with Crippen LogP contribution in [0.5, 0.6) is 0 Å². The molecule has 1 saturated carbocycles. The van der Waals surface area contributed by atoms with E-state index in [-0.39, 0.29) is 11.8 Å². The highest BCUT2D eigenvalue weighted by Crippen LogP contribution is 2.28. The Morgan fingerprint density at radius 2 is 2.11 bits per heavy atom. The number of amides is 1. The third kappa shape index (κ3) is 3.33. The molecule has 3 N–H and O–H groups in total. The molecule has 1 aliphatic carbocycles. The van der Waals surface area contributed by atoms with Crippen molar-refractivity contribution in [3.8, 4) is 0 Å². The van der Waals surface area contributed by atoms with Gasteiger partial charge in [0.2, 0.25) is 5.91 Å². The highest BCUT2D eigenvalue weighted by Gasteiger charge is 2.25. The summed E-state index contributed by atoms with van der Waals surface area (Å²) >= 11 is 1.69. The minimum atomic E-state index is 0.201. The van der Waals surface area contributed by atoms with E-state index in [1.54, 1.807) is 11.3 Å². The van der Waals surface area contributed by atoms with Gasteiger partial charge in [0.25, 0.3) is 0 Å². The van der Waals surface area contributed by atoms with Gasteiger partial charge >= 0.3 is 0 Å². The molecule has 0 unspecified atom stereocenters. The monoisotopic (exact) mass is 266 g/mol. The normalized spacial score (nSPS) is 23.9. The molecule has 1 aromatic heterocycles. The summed E-state index contributed by atoms with van der Waals surface area (Å²) in [5.74, 6) is 1.05. The third-order valence-electron chi connectivity index (χ3n) is 3.97. The maximum Gasteiger partial charge on any atom is 0.223 e. The molecule has 0 saturated heterocycles. The van der Waals surface area contributed by atoms with Gasteiger partial charge in [-0.05, 0) is 67.0 Å². The third-order valence-corrected chi connectivity index (χ3v) is 4.88. The highest BCUT2D eigenvalue weighted by atomic mass is 32.1. The van der Waals surface area contributed by atoms with Crippen LogP contribution in [-0.4, -0.2) is 12.5 Å². The Morgan fingerprint density at radius 3 is 2.67 bits per heavy atom. The van der Waals surface area contributed by atoms with Gasteiger partial charge in [0, 0.05) is 12.5 Å². The van der Waals surface area contributed by atoms with E-state index in [0.717, 1.165) is 32.2 Å². The van der Waals surface area contributed by atoms with Crippen LogP contribution in [0.1, 0.15) is 36.8 Å². The standard InChI is InChI=1S/C14H22N2OS/c1-10-8-18-9-13(10)7-16-14(17)12-4-2-11(6-15)3-5-12/h8-9,11-12H,2-7,15H2,1H3,(H,16,17). The van der Waals surface area contributed by atoms with Crippen LogP contribution in [0.2, 0.25) is 0 Å². The van der Waals surface area contributed by atoms with Crippen molar-refractivity contribution in [2.45, 2.75) is 39.2 Å². The maximum atomic E-state index is 12.1. The molecule has 0 atom stereocenters. The number of aryl methyl sites for hydroxylation is 1. The Hall–Kier alpha value is -0.870. The van der Waals surface area contributed by atoms with E-state index in [0.29, 0.717) is 12.5 Å². The minimum absolute atomic E-state index is 0.201. The maximum absolute atomic E-state index is 12.1. The number of carbonyl (C=O) groups is 1. The highest BCUT2D eigenvalue weighted by molar-refractivity contribution is 7.08. The molecule has 0 aromatic carbocycles. The number of hydrogen-bond acceptors (Lipinski definition) is 3. The lowest BCUT2D eigenvalue weighted by Crippen LogP contribution is -2.34. The first-order valence-corrected chi connectivity index (χ1v) is 7.64. The zero-order valence-electron chi connectivity index (χ0n) is 10.9. The lowest BCUT2D eigenvalue weighted by atomic mass is 9.81. The van der Waals surface area contributed by atoms with Crippen molar-refractivity contribution in [3.63, 3.8) is 0 Å². The summed E-state index contributed by atoms with van der Waals surface area (Å²) in [6.07, 6.45) is 4.20. The zero-order chi connectivity index (χ0) is 13.0. The minimum Gasteiger partial charge on any atom is -0.352 e. The van der Waals surface area contributed by atoms with Crippen LogP contribution in [0.4, 0.5) is 0 Å². The van der Waals surface area contributed by atoms with Gasteiger partial charge in [-0.25, -0.2) is 0 Å². The van der Waals surface area contributed by atoms with Crippen molar-refractivity contribution in [2.24, 2.45) is 17.6 Å². The van der Waals surface area contributed by atoms with Crippen molar-refractivity contribution >= 4 is 17.2 Å². The van der Waals surface area contributed by atoms with Crippen molar-refractivity contribution in [2.75, 3.05) is 6.54 Å². The molecule has 0 radical (unpaired) electrons. The van der Waals surface area contributed by atoms with Crippen molar-refractivity contribution in [1.29, 1.82) is 0 Å². The topological polar surface area (TPSA) is 55.1 Å². The van der Waals surface area contributed by atoms with Gasteiger partial charge in [-0.15, -0.1) is 0 Å². The second-order valence-corrected chi connectivity index (χ2v) is 5.99. The molecule has 1 aromatic rings. The molecular weight excluding hydrogens is 244 g/mol. The summed E-state index contributed by atoms with van der Waals surface area (Å²) in [5, 5.41) is 7.30. The Morgan fingerprint density at radius 1 is 1.39 bits per heavy atom. The van der Waals surface area contributed by atoms with Crippen LogP contribution >= 0.6 is 11.3 Å². The van der Waals surface area contributed by atoms with Gasteiger partial charge in [0.05, 0.1) is 0 Å². The number of thiophene rings is 1. The molecule has 18 heavy (non-hydrogen) atoms. The van der Waals surface area contributed by atoms with Crippen molar-refractivity contribution in [3.05, 3.63) is 21.9 Å². The van der Waals surface area contributed by atoms with Gasteiger partial charge in [-0.2, -0.15) is 11.3 Å². The number of nitrogens with one attached hydrogen (secondary N) is 1. The molecule has 1 aliphatic rings. The molecule has 2 rings (SSSR count). The second kappa shape index (κ2) is 6.34. The Labute approximate surface area is 113 Å². The van der Waals surface area contributed by atoms with Gasteiger partial charge < -0.3 is 11.1 Å². The molecule has 1 amide bonds. The SMILES string of the molecule is Cc1cscc1CNC(=O)C1CCC(CN)CC1. The quantitative estimate of drug-likeness (QED) is 0.879. The average molecular weight is 266 g/mol. The van der Waals surface area contributed by atoms with E-state index in [9.17, 15) is 4.79 Å². The number of rotatable bonds is 4. The van der Waals surface area contributed by atoms with E-state index < -0.39 is 0 Å². The van der Waals surface area contributed by atoms with E-state index in [2.05, 4.69) is 23.0 Å². The summed E-state index contributed by atoms with van der Waals surface area (Å²) in [5.41, 5.74) is 8.18. The van der Waals surface area contributed by atoms with Crippen LogP contribution in [-0.2, 0) is 11.3 Å². The van der Waals surface area contributed by atoms with Crippen molar-refractivity contribution in [1.82, 2.24) is 5.32 Å². The first-order valence-electron chi connectivity index (χ1n) is 6.70. The number of carbonyl (C=O) groups excluding carboxylic acids is 1. The zero-order valence-corrected chi connectivity index (χ0v) is 11.8. The van der Waals surface area contributed by atoms with Crippen LogP contribution in [0, 0.1) is 18.8 Å². The number of hydrogen-bond donors (Lipinski definition) is 2. The molecule has 0 aliphatic heterocycles. The summed E-state index contributed by atoms with van der Waals surface area (Å²) in [6, 6.07) is 0. The lowest BCUT2D eigenvalue weighted by Gasteiger charge is -2.26. The molecule has 1 fully saturated rings. The smallest absolute Gasteiger partial charge is 0.223 e. The lowest BCUT2D eigenvalue weighted by molar-refractivity contribution is -0.126. The molecule has 0 bridgehead atoms. The summed E-state index contributed by atoms with van der Waals surface area (Å²) in [6.45, 7) is 3.53. The molecular formula is C14H22N2OS. The molecule has 4 heteroatoms. The molecule has 3 nitrogen and oxygen atoms in total. The van der Waals surface area contributed by atoms with Crippen LogP contribution in [0.15, 0.2) is 10.8 Å². The summed E-state index contributed by atoms with van der Waals surface area (Å²) in [7, 11) is 0. The average Bonchev–Trinajstić information content (AvgIpc) is 2.81. The summed E-state index contributed by atoms with van der Waals surface area (Å²) in [4.78, 5) is 12.1. The Kier molecular flexibility index (Phi) is 4.78. The van der Waals surface area contributed by atoms with Gasteiger partial charge in [0.15, 0.2) is 0 Å². The Bertz CT molecular complexity index is 394. The predicted molar refractivity (Wildman–Crippen MR) is 75.4 cm³/mol. The van der Waals surface area contributed by atoms with Gasteiger partial charge in [-0.3, -0.25) is 4.79 Å². The largest absolute Gasteiger partial charge is 0.352 e. The fourth-order valence-electron chi connectivity index (χ4n) is 2.55. The second-order valence-electron chi connectivity index (χ2n) is 5.25. The van der Waals surface area contributed by atoms with Gasteiger partial charge in [-0.1, -0.05) is 0 Å².